The Kier molecular flexibility index (Phi) is 4.38. The molecule has 0 atom stereocenters. The Hall–Kier alpha value is -1.49. The number of carbonyl (C=O) groups is 1. The van der Waals surface area contributed by atoms with E-state index >= 15 is 0 Å². The minimum Gasteiger partial charge on any atom is -0.397 e. The largest absolute Gasteiger partial charge is 0.397 e. The maximum absolute atomic E-state index is 12.3. The number of nitrogens with one attached hydrogen (secondary N) is 1. The van der Waals surface area contributed by atoms with E-state index in [-0.39, 0.29) is 17.9 Å². The van der Waals surface area contributed by atoms with Crippen molar-refractivity contribution in [1.29, 1.82) is 0 Å². The Labute approximate surface area is 120 Å². The van der Waals surface area contributed by atoms with Crippen LogP contribution in [0, 0.1) is 5.41 Å². The third kappa shape index (κ3) is 2.98. The molecule has 1 heterocycles. The lowest BCUT2D eigenvalue weighted by Gasteiger charge is -2.29. The molecule has 1 aromatic rings. The van der Waals surface area contributed by atoms with E-state index in [2.05, 4.69) is 5.32 Å². The topological polar surface area (TPSA) is 80.3 Å². The van der Waals surface area contributed by atoms with Gasteiger partial charge in [-0.05, 0) is 31.7 Å². The third-order valence-corrected chi connectivity index (χ3v) is 4.50. The average molecular weight is 279 g/mol. The van der Waals surface area contributed by atoms with Gasteiger partial charge in [0.2, 0.25) is 0 Å². The third-order valence-electron chi connectivity index (χ3n) is 4.50. The summed E-state index contributed by atoms with van der Waals surface area (Å²) < 4.78 is 1.98. The van der Waals surface area contributed by atoms with Gasteiger partial charge in [-0.25, -0.2) is 0 Å². The zero-order valence-corrected chi connectivity index (χ0v) is 12.4. The first-order valence-corrected chi connectivity index (χ1v) is 7.41. The molecule has 5 heteroatoms. The van der Waals surface area contributed by atoms with Crippen LogP contribution in [0.1, 0.15) is 56.1 Å². The van der Waals surface area contributed by atoms with Gasteiger partial charge in [0.1, 0.15) is 5.69 Å². The van der Waals surface area contributed by atoms with Crippen LogP contribution in [-0.4, -0.2) is 28.7 Å². The van der Waals surface area contributed by atoms with Gasteiger partial charge in [-0.15, -0.1) is 0 Å². The number of nitrogen functional groups attached to an aromatic ring is 1. The van der Waals surface area contributed by atoms with Gasteiger partial charge >= 0.3 is 0 Å². The molecule has 1 saturated carbocycles. The van der Waals surface area contributed by atoms with Crippen molar-refractivity contribution in [3.8, 4) is 0 Å². The number of carbonyl (C=O) groups excluding carboxylic acids is 1. The Bertz CT molecular complexity index is 465. The second-order valence-electron chi connectivity index (χ2n) is 5.85. The van der Waals surface area contributed by atoms with Crippen LogP contribution in [0.3, 0.4) is 0 Å². The molecule has 0 spiro atoms. The number of anilines is 1. The summed E-state index contributed by atoms with van der Waals surface area (Å²) in [5.41, 5.74) is 6.83. The van der Waals surface area contributed by atoms with Crippen LogP contribution in [0.5, 0.6) is 0 Å². The Balaban J connectivity index is 2.05. The zero-order chi connectivity index (χ0) is 14.8. The summed E-state index contributed by atoms with van der Waals surface area (Å²) in [6.07, 6.45) is 5.74. The SMILES string of the molecule is CCC(CC)(CO)CNC(=O)c1cc(N)cn1C1CC1. The van der Waals surface area contributed by atoms with E-state index in [1.807, 2.05) is 24.6 Å². The predicted octanol–water partition coefficient (Wildman–Crippen LogP) is 1.93. The molecule has 112 valence electrons. The molecule has 1 aliphatic rings. The molecule has 4 N–H and O–H groups in total. The molecular weight excluding hydrogens is 254 g/mol. The van der Waals surface area contributed by atoms with Gasteiger partial charge in [-0.3, -0.25) is 4.79 Å². The lowest BCUT2D eigenvalue weighted by atomic mass is 9.83. The molecule has 5 nitrogen and oxygen atoms in total. The number of aliphatic hydroxyl groups is 1. The summed E-state index contributed by atoms with van der Waals surface area (Å²) in [6, 6.07) is 2.15. The number of hydrogen-bond acceptors (Lipinski definition) is 3. The highest BCUT2D eigenvalue weighted by Gasteiger charge is 2.29. The summed E-state index contributed by atoms with van der Waals surface area (Å²) in [6.45, 7) is 4.66. The van der Waals surface area contributed by atoms with Gasteiger partial charge in [0, 0.05) is 24.2 Å². The van der Waals surface area contributed by atoms with E-state index < -0.39 is 0 Å². The van der Waals surface area contributed by atoms with Gasteiger partial charge < -0.3 is 20.7 Å². The first kappa shape index (κ1) is 14.9. The van der Waals surface area contributed by atoms with Crippen LogP contribution in [0.15, 0.2) is 12.3 Å². The standard InChI is InChI=1S/C15H25N3O2/c1-3-15(4-2,10-19)9-17-14(20)13-7-11(16)8-18(13)12-5-6-12/h7-8,12,19H,3-6,9-10,16H2,1-2H3,(H,17,20). The van der Waals surface area contributed by atoms with Gasteiger partial charge in [-0.1, -0.05) is 13.8 Å². The summed E-state index contributed by atoms with van der Waals surface area (Å²) in [5, 5.41) is 12.5. The van der Waals surface area contributed by atoms with Crippen molar-refractivity contribution in [3.63, 3.8) is 0 Å². The molecule has 0 bridgehead atoms. The first-order valence-electron chi connectivity index (χ1n) is 7.41. The van der Waals surface area contributed by atoms with Crippen LogP contribution in [0.25, 0.3) is 0 Å². The number of amides is 1. The molecule has 20 heavy (non-hydrogen) atoms. The average Bonchev–Trinajstić information content (AvgIpc) is 3.23. The van der Waals surface area contributed by atoms with Crippen molar-refractivity contribution in [3.05, 3.63) is 18.0 Å². The second kappa shape index (κ2) is 5.87. The normalized spacial score (nSPS) is 15.3. The number of aromatic nitrogens is 1. The van der Waals surface area contributed by atoms with Crippen molar-refractivity contribution in [1.82, 2.24) is 9.88 Å². The molecule has 1 aromatic heterocycles. The molecule has 1 fully saturated rings. The minimum absolute atomic E-state index is 0.0893. The number of hydrogen-bond donors (Lipinski definition) is 3. The lowest BCUT2D eigenvalue weighted by Crippen LogP contribution is -2.39. The van der Waals surface area contributed by atoms with Crippen LogP contribution in [0.4, 0.5) is 5.69 Å². The molecule has 0 saturated heterocycles. The summed E-state index contributed by atoms with van der Waals surface area (Å²) >= 11 is 0. The van der Waals surface area contributed by atoms with Crippen molar-refractivity contribution >= 4 is 11.6 Å². The molecule has 1 aliphatic carbocycles. The zero-order valence-electron chi connectivity index (χ0n) is 12.4. The van der Waals surface area contributed by atoms with E-state index in [0.29, 0.717) is 24.0 Å². The highest BCUT2D eigenvalue weighted by Crippen LogP contribution is 2.37. The molecule has 2 rings (SSSR count). The first-order chi connectivity index (χ1) is 9.55. The molecule has 0 aromatic carbocycles. The van der Waals surface area contributed by atoms with Gasteiger partial charge in [-0.2, -0.15) is 0 Å². The molecule has 0 aliphatic heterocycles. The van der Waals surface area contributed by atoms with Crippen molar-refractivity contribution < 1.29 is 9.90 Å². The summed E-state index contributed by atoms with van der Waals surface area (Å²) in [5.74, 6) is -0.103. The van der Waals surface area contributed by atoms with Crippen LogP contribution < -0.4 is 11.1 Å². The minimum atomic E-state index is -0.224. The number of aliphatic hydroxyl groups excluding tert-OH is 1. The predicted molar refractivity (Wildman–Crippen MR) is 79.5 cm³/mol. The van der Waals surface area contributed by atoms with Gasteiger partial charge in [0.25, 0.3) is 5.91 Å². The molecular formula is C15H25N3O2. The van der Waals surface area contributed by atoms with Gasteiger partial charge in [0.15, 0.2) is 0 Å². The lowest BCUT2D eigenvalue weighted by molar-refractivity contribution is 0.0843. The van der Waals surface area contributed by atoms with Crippen LogP contribution in [-0.2, 0) is 0 Å². The monoisotopic (exact) mass is 279 g/mol. The van der Waals surface area contributed by atoms with Crippen LogP contribution >= 0.6 is 0 Å². The van der Waals surface area contributed by atoms with Gasteiger partial charge in [0.05, 0.1) is 12.3 Å². The second-order valence-corrected chi connectivity index (χ2v) is 5.85. The maximum atomic E-state index is 12.3. The van der Waals surface area contributed by atoms with Crippen molar-refractivity contribution in [2.75, 3.05) is 18.9 Å². The molecule has 0 unspecified atom stereocenters. The fourth-order valence-electron chi connectivity index (χ4n) is 2.48. The smallest absolute Gasteiger partial charge is 0.268 e. The quantitative estimate of drug-likeness (QED) is 0.713. The highest BCUT2D eigenvalue weighted by molar-refractivity contribution is 5.93. The van der Waals surface area contributed by atoms with Crippen LogP contribution in [0.2, 0.25) is 0 Å². The number of rotatable bonds is 7. The Morgan fingerprint density at radius 1 is 1.50 bits per heavy atom. The fraction of sp³-hybridized carbons (Fsp3) is 0.667. The van der Waals surface area contributed by atoms with E-state index in [1.54, 1.807) is 6.07 Å². The summed E-state index contributed by atoms with van der Waals surface area (Å²) in [7, 11) is 0. The Morgan fingerprint density at radius 2 is 2.15 bits per heavy atom. The van der Waals surface area contributed by atoms with E-state index in [1.165, 1.54) is 0 Å². The van der Waals surface area contributed by atoms with E-state index in [4.69, 9.17) is 5.73 Å². The van der Waals surface area contributed by atoms with E-state index in [0.717, 1.165) is 25.7 Å². The molecule has 0 radical (unpaired) electrons. The number of nitrogens with zero attached hydrogens (tertiary/aromatic N) is 1. The Morgan fingerprint density at radius 3 is 2.65 bits per heavy atom. The highest BCUT2D eigenvalue weighted by atomic mass is 16.3. The number of nitrogens with two attached hydrogens (primary N) is 1. The fourth-order valence-corrected chi connectivity index (χ4v) is 2.48. The van der Waals surface area contributed by atoms with Crippen molar-refractivity contribution in [2.24, 2.45) is 5.41 Å². The molecule has 1 amide bonds. The summed E-state index contributed by atoms with van der Waals surface area (Å²) in [4.78, 5) is 12.3. The van der Waals surface area contributed by atoms with Crippen molar-refractivity contribution in [2.45, 2.75) is 45.6 Å². The maximum Gasteiger partial charge on any atom is 0.268 e. The van der Waals surface area contributed by atoms with E-state index in [9.17, 15) is 9.90 Å².